The summed E-state index contributed by atoms with van der Waals surface area (Å²) in [6.07, 6.45) is 6.47. The second-order valence-corrected chi connectivity index (χ2v) is 10.9. The number of hydrogen-bond donors (Lipinski definition) is 3. The van der Waals surface area contributed by atoms with Crippen LogP contribution in [0.2, 0.25) is 0 Å². The number of amides is 3. The minimum absolute atomic E-state index is 0.164. The molecule has 1 unspecified atom stereocenters. The van der Waals surface area contributed by atoms with Crippen LogP contribution in [0.3, 0.4) is 0 Å². The van der Waals surface area contributed by atoms with Gasteiger partial charge in [0.25, 0.3) is 0 Å². The number of rotatable bonds is 5. The van der Waals surface area contributed by atoms with E-state index in [-0.39, 0.29) is 11.3 Å². The van der Waals surface area contributed by atoms with Crippen LogP contribution in [-0.2, 0) is 32.6 Å². The number of carbonyl (C=O) groups excluding carboxylic acids is 3. The summed E-state index contributed by atoms with van der Waals surface area (Å²) in [7, 11) is 0. The van der Waals surface area contributed by atoms with Crippen molar-refractivity contribution >= 4 is 40.4 Å². The molecule has 1 aliphatic carbocycles. The van der Waals surface area contributed by atoms with Gasteiger partial charge in [0, 0.05) is 40.4 Å². The maximum atomic E-state index is 12.7. The quantitative estimate of drug-likeness (QED) is 0.569. The lowest BCUT2D eigenvalue weighted by Crippen LogP contribution is -2.43. The molecule has 5 rings (SSSR count). The Bertz CT molecular complexity index is 1120. The third kappa shape index (κ3) is 4.25. The van der Waals surface area contributed by atoms with E-state index in [9.17, 15) is 19.5 Å². The van der Waals surface area contributed by atoms with Gasteiger partial charge in [-0.1, -0.05) is 12.8 Å². The van der Waals surface area contributed by atoms with Crippen molar-refractivity contribution in [2.24, 2.45) is 0 Å². The predicted octanol–water partition coefficient (Wildman–Crippen LogP) is 3.59. The number of hydrogen-bond acceptors (Lipinski definition) is 5. The first-order chi connectivity index (χ1) is 16.4. The Labute approximate surface area is 203 Å². The van der Waals surface area contributed by atoms with E-state index in [4.69, 9.17) is 0 Å². The van der Waals surface area contributed by atoms with Crippen LogP contribution in [-0.4, -0.2) is 35.9 Å². The largest absolute Gasteiger partial charge is 0.388 e. The van der Waals surface area contributed by atoms with Crippen LogP contribution in [0.5, 0.6) is 0 Å². The summed E-state index contributed by atoms with van der Waals surface area (Å²) >= 11 is 1.59. The van der Waals surface area contributed by atoms with E-state index in [1.54, 1.807) is 18.3 Å². The highest BCUT2D eigenvalue weighted by atomic mass is 32.1. The molecule has 3 N–H and O–H groups in total. The minimum Gasteiger partial charge on any atom is -0.388 e. The van der Waals surface area contributed by atoms with Crippen LogP contribution in [0.15, 0.2) is 24.3 Å². The SMILES string of the molecule is CC(O)c1ccc(C2(CNC(=O)C(=O)Nc3cc4c5c(c3)CCC(=O)N5CCC4)CCCC2)s1. The highest BCUT2D eigenvalue weighted by molar-refractivity contribution is 7.12. The fraction of sp³-hybridized carbons (Fsp3) is 0.500. The first-order valence-electron chi connectivity index (χ1n) is 12.2. The average Bonchev–Trinajstić information content (AvgIpc) is 3.50. The van der Waals surface area contributed by atoms with E-state index < -0.39 is 17.9 Å². The van der Waals surface area contributed by atoms with Gasteiger partial charge in [0.05, 0.1) is 11.8 Å². The number of aliphatic hydroxyl groups is 1. The Kier molecular flexibility index (Phi) is 6.20. The van der Waals surface area contributed by atoms with Gasteiger partial charge in [-0.2, -0.15) is 0 Å². The molecule has 3 amide bonds. The number of nitrogens with one attached hydrogen (secondary N) is 2. The number of aryl methyl sites for hydroxylation is 2. The molecule has 1 fully saturated rings. The Morgan fingerprint density at radius 1 is 1.09 bits per heavy atom. The van der Waals surface area contributed by atoms with Crippen molar-refractivity contribution in [1.82, 2.24) is 5.32 Å². The zero-order valence-corrected chi connectivity index (χ0v) is 20.3. The van der Waals surface area contributed by atoms with Crippen molar-refractivity contribution in [2.75, 3.05) is 23.3 Å². The molecular formula is C26H31N3O4S. The number of benzene rings is 1. The molecule has 34 heavy (non-hydrogen) atoms. The van der Waals surface area contributed by atoms with Gasteiger partial charge in [-0.25, -0.2) is 0 Å². The molecule has 0 radical (unpaired) electrons. The Hall–Kier alpha value is -2.71. The fourth-order valence-corrected chi connectivity index (χ4v) is 6.86. The normalized spacial score (nSPS) is 19.5. The number of nitrogens with zero attached hydrogens (tertiary/aromatic N) is 1. The molecule has 180 valence electrons. The van der Waals surface area contributed by atoms with Gasteiger partial charge in [0.1, 0.15) is 0 Å². The number of anilines is 2. The van der Waals surface area contributed by atoms with Crippen molar-refractivity contribution in [2.45, 2.75) is 69.8 Å². The number of thiophene rings is 1. The van der Waals surface area contributed by atoms with Crippen molar-refractivity contribution < 1.29 is 19.5 Å². The summed E-state index contributed by atoms with van der Waals surface area (Å²) in [5, 5.41) is 15.6. The molecule has 3 aliphatic rings. The molecule has 3 heterocycles. The van der Waals surface area contributed by atoms with Crippen molar-refractivity contribution in [3.05, 3.63) is 45.1 Å². The zero-order valence-electron chi connectivity index (χ0n) is 19.5. The Morgan fingerprint density at radius 3 is 2.53 bits per heavy atom. The highest BCUT2D eigenvalue weighted by Crippen LogP contribution is 2.44. The summed E-state index contributed by atoms with van der Waals surface area (Å²) in [5.74, 6) is -1.14. The monoisotopic (exact) mass is 481 g/mol. The number of aliphatic hydroxyl groups excluding tert-OH is 1. The summed E-state index contributed by atoms with van der Waals surface area (Å²) in [6, 6.07) is 7.81. The van der Waals surface area contributed by atoms with Gasteiger partial charge in [-0.15, -0.1) is 11.3 Å². The lowest BCUT2D eigenvalue weighted by atomic mass is 9.84. The molecular weight excluding hydrogens is 450 g/mol. The third-order valence-corrected chi connectivity index (χ3v) is 8.95. The summed E-state index contributed by atoms with van der Waals surface area (Å²) in [6.45, 7) is 2.91. The highest BCUT2D eigenvalue weighted by Gasteiger charge is 2.38. The lowest BCUT2D eigenvalue weighted by molar-refractivity contribution is -0.136. The van der Waals surface area contributed by atoms with E-state index in [1.165, 1.54) is 0 Å². The Morgan fingerprint density at radius 2 is 1.82 bits per heavy atom. The first kappa shape index (κ1) is 23.1. The van der Waals surface area contributed by atoms with E-state index in [0.717, 1.165) is 71.6 Å². The third-order valence-electron chi connectivity index (χ3n) is 7.45. The molecule has 2 aliphatic heterocycles. The molecule has 0 bridgehead atoms. The molecule has 0 saturated heterocycles. The van der Waals surface area contributed by atoms with Gasteiger partial charge in [-0.05, 0) is 74.4 Å². The van der Waals surface area contributed by atoms with Crippen LogP contribution in [0.4, 0.5) is 11.4 Å². The van der Waals surface area contributed by atoms with E-state index >= 15 is 0 Å². The topological polar surface area (TPSA) is 98.7 Å². The van der Waals surface area contributed by atoms with Crippen LogP contribution < -0.4 is 15.5 Å². The molecule has 1 saturated carbocycles. The summed E-state index contributed by atoms with van der Waals surface area (Å²) < 4.78 is 0. The van der Waals surface area contributed by atoms with Gasteiger partial charge < -0.3 is 20.6 Å². The zero-order chi connectivity index (χ0) is 23.9. The maximum absolute atomic E-state index is 12.7. The fourth-order valence-electron chi connectivity index (χ4n) is 5.67. The lowest BCUT2D eigenvalue weighted by Gasteiger charge is -2.35. The molecule has 8 heteroatoms. The molecule has 7 nitrogen and oxygen atoms in total. The molecule has 2 aromatic rings. The van der Waals surface area contributed by atoms with Crippen molar-refractivity contribution in [1.29, 1.82) is 0 Å². The van der Waals surface area contributed by atoms with Gasteiger partial charge >= 0.3 is 11.8 Å². The smallest absolute Gasteiger partial charge is 0.313 e. The average molecular weight is 482 g/mol. The molecule has 1 aromatic carbocycles. The summed E-state index contributed by atoms with van der Waals surface area (Å²) in [4.78, 5) is 41.7. The number of carbonyl (C=O) groups is 3. The van der Waals surface area contributed by atoms with E-state index in [1.807, 2.05) is 23.1 Å². The predicted molar refractivity (Wildman–Crippen MR) is 132 cm³/mol. The van der Waals surface area contributed by atoms with E-state index in [0.29, 0.717) is 25.1 Å². The molecule has 1 atom stereocenters. The second-order valence-electron chi connectivity index (χ2n) is 9.79. The first-order valence-corrected chi connectivity index (χ1v) is 13.0. The van der Waals surface area contributed by atoms with Gasteiger partial charge in [-0.3, -0.25) is 14.4 Å². The molecule has 0 spiro atoms. The summed E-state index contributed by atoms with van der Waals surface area (Å²) in [5.41, 5.74) is 3.55. The van der Waals surface area contributed by atoms with Gasteiger partial charge in [0.15, 0.2) is 0 Å². The van der Waals surface area contributed by atoms with Crippen LogP contribution in [0, 0.1) is 0 Å². The van der Waals surface area contributed by atoms with Crippen LogP contribution in [0.25, 0.3) is 0 Å². The van der Waals surface area contributed by atoms with Crippen molar-refractivity contribution in [3.8, 4) is 0 Å². The van der Waals surface area contributed by atoms with Crippen LogP contribution >= 0.6 is 11.3 Å². The van der Waals surface area contributed by atoms with E-state index in [2.05, 4.69) is 16.7 Å². The molecule has 1 aromatic heterocycles. The second kappa shape index (κ2) is 9.15. The maximum Gasteiger partial charge on any atom is 0.313 e. The standard InChI is InChI=1S/C26H31N3O4S/c1-16(30)20-7-8-21(34-20)26(10-2-3-11-26)15-27-24(32)25(33)28-19-13-17-5-4-12-29-22(31)9-6-18(14-19)23(17)29/h7-8,13-14,16,30H,2-6,9-12,15H2,1H3,(H,27,32)(H,28,33). The van der Waals surface area contributed by atoms with Gasteiger partial charge in [0.2, 0.25) is 5.91 Å². The minimum atomic E-state index is -0.671. The van der Waals surface area contributed by atoms with Crippen LogP contribution in [0.1, 0.15) is 72.4 Å². The van der Waals surface area contributed by atoms with Crippen molar-refractivity contribution in [3.63, 3.8) is 0 Å². The Balaban J connectivity index is 1.27.